The Labute approximate surface area is 374 Å². The number of nitrogens with two attached hydrogens (primary N) is 1. The zero-order valence-electron chi connectivity index (χ0n) is 39.8. The fourth-order valence-corrected chi connectivity index (χ4v) is 8.34. The van der Waals surface area contributed by atoms with Gasteiger partial charge in [-0.2, -0.15) is 0 Å². The minimum absolute atomic E-state index is 0.0395. The van der Waals surface area contributed by atoms with E-state index in [9.17, 15) is 20.1 Å². The molecule has 4 unspecified atom stereocenters. The molecule has 22 nitrogen and oxygen atoms in total. The lowest BCUT2D eigenvalue weighted by Crippen LogP contribution is -2.54. The summed E-state index contributed by atoms with van der Waals surface area (Å²) in [5, 5.41) is 58.3. The second kappa shape index (κ2) is 24.9. The first-order chi connectivity index (χ1) is 28.8. The van der Waals surface area contributed by atoms with Gasteiger partial charge in [0.2, 0.25) is 0 Å². The van der Waals surface area contributed by atoms with Gasteiger partial charge in [-0.15, -0.1) is 0 Å². The van der Waals surface area contributed by atoms with E-state index in [2.05, 4.69) is 97.8 Å². The van der Waals surface area contributed by atoms with Gasteiger partial charge in [0.1, 0.15) is 24.4 Å². The van der Waals surface area contributed by atoms with Crippen LogP contribution in [-0.4, -0.2) is 166 Å². The summed E-state index contributed by atoms with van der Waals surface area (Å²) in [5.41, 5.74) is 27.4. The molecule has 0 aromatic rings. The quantitative estimate of drug-likeness (QED) is 0.0662. The number of nitrogens with zero attached hydrogens (tertiary/aromatic N) is 9. The van der Waals surface area contributed by atoms with E-state index in [0.29, 0.717) is 52.3 Å². The second-order valence-corrected chi connectivity index (χ2v) is 30.1. The SMILES string of the molecule is CC(C)(C)[Si](C)(C)OC[C@H]1OCC(N=[N+]=[N-])CC1=O.CC1(O)C[C@@H](N)CO[C@@H]1CO.CC1(O)C[C@@H](N=[N+]=[N-])CO[C@@H]1CO.CC1(O)C[C@@H](N=[N+]=[N-])CO[C@@H]1CO[Si](C)(C)C(C)(C)C. The molecule has 4 aliphatic rings. The Hall–Kier alpha value is -2.45. The van der Waals surface area contributed by atoms with Crippen molar-refractivity contribution >= 4 is 22.4 Å². The molecule has 63 heavy (non-hydrogen) atoms. The summed E-state index contributed by atoms with van der Waals surface area (Å²) < 4.78 is 33.5. The normalized spacial score (nSPS) is 33.8. The van der Waals surface area contributed by atoms with Crippen molar-refractivity contribution in [3.63, 3.8) is 0 Å². The highest BCUT2D eigenvalue weighted by Crippen LogP contribution is 2.38. The van der Waals surface area contributed by atoms with Crippen LogP contribution in [0.15, 0.2) is 15.3 Å². The van der Waals surface area contributed by atoms with Gasteiger partial charge in [-0.25, -0.2) is 0 Å². The number of carbonyl (C=O) groups is 1. The van der Waals surface area contributed by atoms with Crippen molar-refractivity contribution in [2.24, 2.45) is 21.1 Å². The van der Waals surface area contributed by atoms with Crippen molar-refractivity contribution in [1.29, 1.82) is 0 Å². The summed E-state index contributed by atoms with van der Waals surface area (Å²) in [6.07, 6.45) is -0.500. The summed E-state index contributed by atoms with van der Waals surface area (Å²) in [7, 11) is -3.72. The van der Waals surface area contributed by atoms with Crippen LogP contribution in [0.1, 0.15) is 88.0 Å². The maximum absolute atomic E-state index is 11.9. The molecule has 0 spiro atoms. The topological polar surface area (TPSA) is 346 Å². The van der Waals surface area contributed by atoms with Crippen LogP contribution >= 0.6 is 0 Å². The molecule has 0 aromatic carbocycles. The molecule has 4 heterocycles. The van der Waals surface area contributed by atoms with Gasteiger partial charge in [-0.05, 0) is 92.9 Å². The van der Waals surface area contributed by atoms with Crippen LogP contribution in [0.2, 0.25) is 36.3 Å². The van der Waals surface area contributed by atoms with E-state index in [4.69, 9.17) is 60.3 Å². The molecule has 0 bridgehead atoms. The number of aliphatic hydroxyl groups is 5. The van der Waals surface area contributed by atoms with Gasteiger partial charge in [-0.3, -0.25) is 4.79 Å². The molecule has 4 fully saturated rings. The molecule has 4 aliphatic heterocycles. The van der Waals surface area contributed by atoms with Gasteiger partial charge in [0, 0.05) is 27.2 Å². The first kappa shape index (κ1) is 58.6. The minimum Gasteiger partial charge on any atom is -0.414 e. The molecule has 0 amide bonds. The van der Waals surface area contributed by atoms with E-state index in [1.54, 1.807) is 20.8 Å². The van der Waals surface area contributed by atoms with Gasteiger partial charge in [-0.1, -0.05) is 56.9 Å². The number of ether oxygens (including phenoxy) is 4. The monoisotopic (exact) mass is 935 g/mol. The van der Waals surface area contributed by atoms with Crippen molar-refractivity contribution in [2.45, 2.75) is 190 Å². The standard InChI is InChI=1S/C13H27N3O3Si.C12H23N3O3Si.C7H13N3O3.C7H15NO3/c1-12(2,3)20(5,6)19-9-11-13(4,17)7-10(8-18-11)15-16-14;1-12(2,3)19(4,5)18-8-11-10(16)6-9(7-17-11)14-15-13;1-7(12)2-5(9-10-8)4-13-6(7)3-11;1-7(10)2-5(8)4-11-6(7)3-9/h10-11,17H,7-9H2,1-6H3;9,11H,6-8H2,1-5H3;5-6,11-12H,2-4H2,1H3;5-6,9-10H,2-4,8H2,1H3/t10-,11-,13?;9?,11-;2*5-,6-,7?/m1111/s1. The van der Waals surface area contributed by atoms with E-state index >= 15 is 0 Å². The molecule has 4 rings (SSSR count). The number of rotatable bonds is 11. The molecule has 24 heteroatoms. The molecule has 0 aromatic heterocycles. The summed E-state index contributed by atoms with van der Waals surface area (Å²) in [4.78, 5) is 20.0. The maximum atomic E-state index is 11.9. The maximum Gasteiger partial charge on any atom is 0.192 e. The van der Waals surface area contributed by atoms with Crippen LogP contribution in [-0.2, 0) is 32.6 Å². The lowest BCUT2D eigenvalue weighted by atomic mass is 9.89. The van der Waals surface area contributed by atoms with Crippen LogP contribution in [0.4, 0.5) is 0 Å². The first-order valence-corrected chi connectivity index (χ1v) is 27.2. The Morgan fingerprint density at radius 3 is 1.38 bits per heavy atom. The third-order valence-corrected chi connectivity index (χ3v) is 21.6. The van der Waals surface area contributed by atoms with Crippen molar-refractivity contribution < 1.29 is 58.1 Å². The minimum atomic E-state index is -1.86. The van der Waals surface area contributed by atoms with Gasteiger partial charge in [0.05, 0.1) is 87.8 Å². The van der Waals surface area contributed by atoms with Gasteiger partial charge >= 0.3 is 0 Å². The lowest BCUT2D eigenvalue weighted by Gasteiger charge is -2.42. The van der Waals surface area contributed by atoms with Crippen molar-refractivity contribution in [3.8, 4) is 0 Å². The number of ketones is 1. The summed E-state index contributed by atoms with van der Waals surface area (Å²) in [6, 6.07) is -1.14. The predicted molar refractivity (Wildman–Crippen MR) is 242 cm³/mol. The third kappa shape index (κ3) is 19.1. The van der Waals surface area contributed by atoms with Crippen LogP contribution in [0, 0.1) is 0 Å². The average Bonchev–Trinajstić information content (AvgIpc) is 3.13. The van der Waals surface area contributed by atoms with E-state index in [-0.39, 0.29) is 72.4 Å². The lowest BCUT2D eigenvalue weighted by molar-refractivity contribution is -0.155. The fraction of sp³-hybridized carbons (Fsp3) is 0.974. The van der Waals surface area contributed by atoms with Gasteiger partial charge < -0.3 is 59.1 Å². The Morgan fingerprint density at radius 1 is 0.651 bits per heavy atom. The highest BCUT2D eigenvalue weighted by Gasteiger charge is 2.44. The highest BCUT2D eigenvalue weighted by molar-refractivity contribution is 6.74. The van der Waals surface area contributed by atoms with Crippen LogP contribution in [0.5, 0.6) is 0 Å². The number of Topliss-reactive ketones (excluding diaryl/α,β-unsaturated/α-hetero) is 1. The molecule has 364 valence electrons. The first-order valence-electron chi connectivity index (χ1n) is 21.4. The summed E-state index contributed by atoms with van der Waals surface area (Å²) in [6.45, 7) is 28.1. The molecular weight excluding hydrogens is 857 g/mol. The number of aliphatic hydroxyl groups excluding tert-OH is 2. The van der Waals surface area contributed by atoms with Crippen molar-refractivity contribution in [3.05, 3.63) is 31.3 Å². The number of hydrogen-bond acceptors (Lipinski definition) is 16. The molecule has 7 N–H and O–H groups in total. The zero-order chi connectivity index (χ0) is 48.7. The Bertz CT molecular complexity index is 1580. The van der Waals surface area contributed by atoms with E-state index in [0.717, 1.165) is 0 Å². The number of carbonyl (C=O) groups excluding carboxylic acids is 1. The fourth-order valence-electron chi connectivity index (χ4n) is 6.34. The molecular formula is C39H78N10O12Si2. The average molecular weight is 935 g/mol. The number of azide groups is 3. The Morgan fingerprint density at radius 2 is 1.02 bits per heavy atom. The molecule has 0 saturated carbocycles. The van der Waals surface area contributed by atoms with Crippen molar-refractivity contribution in [1.82, 2.24) is 0 Å². The Kier molecular flexibility index (Phi) is 23.1. The van der Waals surface area contributed by atoms with E-state index in [1.807, 2.05) is 0 Å². The van der Waals surface area contributed by atoms with Gasteiger partial charge in [0.25, 0.3) is 0 Å². The van der Waals surface area contributed by atoms with Crippen molar-refractivity contribution in [2.75, 3.05) is 52.9 Å². The third-order valence-electron chi connectivity index (χ3n) is 12.6. The van der Waals surface area contributed by atoms with Gasteiger partial charge in [0.15, 0.2) is 22.4 Å². The van der Waals surface area contributed by atoms with Crippen LogP contribution in [0.25, 0.3) is 31.3 Å². The zero-order valence-corrected chi connectivity index (χ0v) is 41.8. The van der Waals surface area contributed by atoms with Crippen LogP contribution < -0.4 is 5.73 Å². The largest absolute Gasteiger partial charge is 0.414 e. The molecule has 11 atom stereocenters. The molecule has 0 aliphatic carbocycles. The summed E-state index contributed by atoms with van der Waals surface area (Å²) in [5.74, 6) is -0.0395. The molecule has 0 radical (unpaired) electrons. The van der Waals surface area contributed by atoms with E-state index < -0.39 is 51.7 Å². The highest BCUT2D eigenvalue weighted by atomic mass is 28.4. The van der Waals surface area contributed by atoms with E-state index in [1.165, 1.54) is 0 Å². The number of hydrogen-bond donors (Lipinski definition) is 6. The van der Waals surface area contributed by atoms with Crippen LogP contribution in [0.3, 0.4) is 0 Å². The Balaban J connectivity index is 0.000000431. The molecule has 4 saturated heterocycles. The smallest absolute Gasteiger partial charge is 0.192 e. The second-order valence-electron chi connectivity index (χ2n) is 20.5. The summed E-state index contributed by atoms with van der Waals surface area (Å²) >= 11 is 0. The predicted octanol–water partition coefficient (Wildman–Crippen LogP) is 5.32.